The van der Waals surface area contributed by atoms with Gasteiger partial charge in [-0.1, -0.05) is 321 Å². The second kappa shape index (κ2) is 62.9. The number of unbranched alkanes of at least 4 members (excludes halogenated alkanes) is 49. The molecule has 0 spiro atoms. The fraction of sp³-hybridized carbons (Fsp3) is 0.910. The first-order chi connectivity index (χ1) is 36.0. The van der Waals surface area contributed by atoms with Crippen LogP contribution in [0.1, 0.15) is 367 Å². The maximum absolute atomic E-state index is 12.4. The first kappa shape index (κ1) is 71.3. The largest absolute Gasteiger partial charge is 0.466 e. The van der Waals surface area contributed by atoms with Crippen molar-refractivity contribution in [3.63, 3.8) is 0 Å². The molecule has 0 radical (unpaired) electrons. The smallest absolute Gasteiger partial charge is 0.305 e. The van der Waals surface area contributed by atoms with Gasteiger partial charge in [0, 0.05) is 12.8 Å². The number of aliphatic hydroxyl groups is 2. The summed E-state index contributed by atoms with van der Waals surface area (Å²) in [5, 5.41) is 23.0. The molecule has 0 aromatic rings. The second-order valence-corrected chi connectivity index (χ2v) is 22.8. The highest BCUT2D eigenvalue weighted by Gasteiger charge is 2.18. The third-order valence-corrected chi connectivity index (χ3v) is 15.5. The van der Waals surface area contributed by atoms with Crippen LogP contribution in [-0.2, 0) is 14.3 Å². The van der Waals surface area contributed by atoms with Gasteiger partial charge in [-0.25, -0.2) is 0 Å². The van der Waals surface area contributed by atoms with Crippen molar-refractivity contribution in [3.8, 4) is 0 Å². The van der Waals surface area contributed by atoms with Crippen molar-refractivity contribution < 1.29 is 24.5 Å². The maximum Gasteiger partial charge on any atom is 0.305 e. The van der Waals surface area contributed by atoms with Gasteiger partial charge in [-0.05, 0) is 57.8 Å². The molecule has 3 N–H and O–H groups in total. The highest BCUT2D eigenvalue weighted by atomic mass is 16.5. The molecule has 2 unspecified atom stereocenters. The van der Waals surface area contributed by atoms with Crippen molar-refractivity contribution >= 4 is 11.9 Å². The van der Waals surface area contributed by atoms with E-state index in [9.17, 15) is 19.8 Å². The monoisotopic (exact) mass is 1030 g/mol. The number of hydrogen-bond donors (Lipinski definition) is 3. The van der Waals surface area contributed by atoms with Crippen molar-refractivity contribution in [2.24, 2.45) is 0 Å². The summed E-state index contributed by atoms with van der Waals surface area (Å²) in [7, 11) is 0. The molecule has 0 aromatic heterocycles. The first-order valence-corrected chi connectivity index (χ1v) is 33.1. The highest BCUT2D eigenvalue weighted by molar-refractivity contribution is 5.76. The van der Waals surface area contributed by atoms with E-state index in [1.165, 1.54) is 295 Å². The molecule has 2 atom stereocenters. The number of amides is 1. The second-order valence-electron chi connectivity index (χ2n) is 22.8. The van der Waals surface area contributed by atoms with Gasteiger partial charge in [-0.3, -0.25) is 9.59 Å². The molecular weight excluding hydrogens is 899 g/mol. The maximum atomic E-state index is 12.4. The van der Waals surface area contributed by atoms with E-state index >= 15 is 0 Å². The molecule has 0 aliphatic carbocycles. The van der Waals surface area contributed by atoms with E-state index in [0.29, 0.717) is 19.4 Å². The molecule has 73 heavy (non-hydrogen) atoms. The lowest BCUT2D eigenvalue weighted by atomic mass is 10.0. The first-order valence-electron chi connectivity index (χ1n) is 33.1. The average Bonchev–Trinajstić information content (AvgIpc) is 3.39. The highest BCUT2D eigenvalue weighted by Crippen LogP contribution is 2.18. The van der Waals surface area contributed by atoms with Gasteiger partial charge in [-0.15, -0.1) is 0 Å². The molecular formula is C67H129NO5. The lowest BCUT2D eigenvalue weighted by Crippen LogP contribution is -2.45. The molecule has 0 aliphatic rings. The number of ether oxygens (including phenoxy) is 1. The van der Waals surface area contributed by atoms with Gasteiger partial charge in [0.25, 0.3) is 0 Å². The van der Waals surface area contributed by atoms with Gasteiger partial charge >= 0.3 is 5.97 Å². The zero-order chi connectivity index (χ0) is 52.9. The minimum absolute atomic E-state index is 0.0133. The quantitative estimate of drug-likeness (QED) is 0.0320. The Hall–Kier alpha value is -1.66. The molecule has 0 bridgehead atoms. The molecule has 0 aliphatic heterocycles. The Morgan fingerprint density at radius 2 is 0.644 bits per heavy atom. The van der Waals surface area contributed by atoms with E-state index in [4.69, 9.17) is 4.74 Å². The Morgan fingerprint density at radius 1 is 0.370 bits per heavy atom. The third kappa shape index (κ3) is 59.4. The molecule has 0 saturated carbocycles. The molecule has 0 heterocycles. The Kier molecular flexibility index (Phi) is 61.4. The van der Waals surface area contributed by atoms with Gasteiger partial charge in [-0.2, -0.15) is 0 Å². The third-order valence-electron chi connectivity index (χ3n) is 15.5. The van der Waals surface area contributed by atoms with E-state index in [1.54, 1.807) is 6.08 Å². The Labute approximate surface area is 456 Å². The van der Waals surface area contributed by atoms with Crippen LogP contribution in [0.15, 0.2) is 24.3 Å². The predicted molar refractivity (Wildman–Crippen MR) is 320 cm³/mol. The number of allylic oxidation sites excluding steroid dienone is 3. The Balaban J connectivity index is 3.30. The molecule has 0 aromatic carbocycles. The summed E-state index contributed by atoms with van der Waals surface area (Å²) >= 11 is 0. The minimum atomic E-state index is -0.838. The average molecular weight is 1030 g/mol. The number of esters is 1. The van der Waals surface area contributed by atoms with Gasteiger partial charge in [0.15, 0.2) is 0 Å². The number of hydrogen-bond acceptors (Lipinski definition) is 5. The molecule has 1 amide bonds. The Bertz CT molecular complexity index is 1140. The fourth-order valence-electron chi connectivity index (χ4n) is 10.4. The van der Waals surface area contributed by atoms with Crippen LogP contribution >= 0.6 is 0 Å². The van der Waals surface area contributed by atoms with Crippen molar-refractivity contribution in [2.75, 3.05) is 13.2 Å². The summed E-state index contributed by atoms with van der Waals surface area (Å²) in [5.41, 5.74) is 0. The fourth-order valence-corrected chi connectivity index (χ4v) is 10.4. The van der Waals surface area contributed by atoms with Crippen molar-refractivity contribution in [3.05, 3.63) is 24.3 Å². The van der Waals surface area contributed by atoms with Crippen molar-refractivity contribution in [1.29, 1.82) is 0 Å². The molecule has 6 heteroatoms. The van der Waals surface area contributed by atoms with E-state index in [0.717, 1.165) is 44.9 Å². The van der Waals surface area contributed by atoms with E-state index in [-0.39, 0.29) is 18.5 Å². The lowest BCUT2D eigenvalue weighted by Gasteiger charge is -2.20. The molecule has 6 nitrogen and oxygen atoms in total. The zero-order valence-electron chi connectivity index (χ0n) is 49.4. The number of carbonyl (C=O) groups excluding carboxylic acids is 2. The zero-order valence-corrected chi connectivity index (χ0v) is 49.4. The number of nitrogens with one attached hydrogen (secondary N) is 1. The summed E-state index contributed by atoms with van der Waals surface area (Å²) in [6.45, 7) is 4.89. The predicted octanol–water partition coefficient (Wildman–Crippen LogP) is 21.0. The Morgan fingerprint density at radius 3 is 0.973 bits per heavy atom. The number of rotatable bonds is 62. The minimum Gasteiger partial charge on any atom is -0.466 e. The van der Waals surface area contributed by atoms with Crippen LogP contribution in [0.5, 0.6) is 0 Å². The van der Waals surface area contributed by atoms with Crippen LogP contribution in [0.3, 0.4) is 0 Å². The summed E-state index contributed by atoms with van der Waals surface area (Å²) in [6, 6.07) is -0.622. The topological polar surface area (TPSA) is 95.9 Å². The summed E-state index contributed by atoms with van der Waals surface area (Å²) in [5.74, 6) is -0.0520. The van der Waals surface area contributed by atoms with E-state index in [2.05, 4.69) is 31.3 Å². The normalized spacial score (nSPS) is 12.7. The van der Waals surface area contributed by atoms with Gasteiger partial charge in [0.1, 0.15) is 0 Å². The number of carbonyl (C=O) groups is 2. The molecule has 0 fully saturated rings. The van der Waals surface area contributed by atoms with Crippen LogP contribution < -0.4 is 5.32 Å². The van der Waals surface area contributed by atoms with Gasteiger partial charge < -0.3 is 20.3 Å². The lowest BCUT2D eigenvalue weighted by molar-refractivity contribution is -0.143. The molecule has 432 valence electrons. The standard InChI is InChI=1S/C67H129NO5/c1-3-5-7-9-11-13-14-15-16-35-38-41-45-49-53-57-61-67(72)73-62-58-54-50-46-42-39-36-33-31-29-27-25-23-21-19-17-18-20-22-24-26-28-30-32-34-37-40-44-48-52-56-60-66(71)68-64(63-69)65(70)59-55-51-47-43-12-10-8-6-4-2/h16,35,55,59,64-65,69-70H,3-15,17-34,36-54,56-58,60-63H2,1-2H3,(H,68,71)/b35-16-,59-55+. The van der Waals surface area contributed by atoms with Crippen LogP contribution in [0.4, 0.5) is 0 Å². The van der Waals surface area contributed by atoms with Crippen LogP contribution in [0, 0.1) is 0 Å². The van der Waals surface area contributed by atoms with Crippen LogP contribution in [-0.4, -0.2) is 47.4 Å². The van der Waals surface area contributed by atoms with Crippen molar-refractivity contribution in [1.82, 2.24) is 5.32 Å². The van der Waals surface area contributed by atoms with E-state index < -0.39 is 12.1 Å². The van der Waals surface area contributed by atoms with E-state index in [1.807, 2.05) is 6.08 Å². The summed E-state index contributed by atoms with van der Waals surface area (Å²) in [6.07, 6.45) is 78.4. The summed E-state index contributed by atoms with van der Waals surface area (Å²) in [4.78, 5) is 24.5. The SMILES string of the molecule is CCCCCCCCC/C=C\CCCCCCCC(=O)OCCCCCCCCCCCCCCCCCCCCCCCCCCCCCCCCCC(=O)NC(CO)C(O)/C=C/CCCCCCCCC. The number of aliphatic hydroxyl groups excluding tert-OH is 2. The molecule has 0 saturated heterocycles. The van der Waals surface area contributed by atoms with Crippen molar-refractivity contribution in [2.45, 2.75) is 379 Å². The summed E-state index contributed by atoms with van der Waals surface area (Å²) < 4.78 is 5.49. The van der Waals surface area contributed by atoms with Crippen LogP contribution in [0.25, 0.3) is 0 Å². The van der Waals surface area contributed by atoms with Gasteiger partial charge in [0.05, 0.1) is 25.4 Å². The molecule has 0 rings (SSSR count). The van der Waals surface area contributed by atoms with Gasteiger partial charge in [0.2, 0.25) is 5.91 Å². The van der Waals surface area contributed by atoms with Crippen LogP contribution in [0.2, 0.25) is 0 Å².